The number of ether oxygens (including phenoxy) is 2. The minimum Gasteiger partial charge on any atom is -0.443 e. The Bertz CT molecular complexity index is 1320. The average molecular weight is 480 g/mol. The van der Waals surface area contributed by atoms with Crippen LogP contribution in [0.25, 0.3) is 22.2 Å². The van der Waals surface area contributed by atoms with Crippen LogP contribution < -0.4 is 0 Å². The topological polar surface area (TPSA) is 96.5 Å². The number of carbonyl (C=O) groups is 2. The summed E-state index contributed by atoms with van der Waals surface area (Å²) in [4.78, 5) is 32.1. The van der Waals surface area contributed by atoms with Gasteiger partial charge in [0, 0.05) is 17.0 Å². The van der Waals surface area contributed by atoms with Gasteiger partial charge in [-0.2, -0.15) is 0 Å². The molecule has 0 bridgehead atoms. The maximum Gasteiger partial charge on any atom is 0.420 e. The molecular weight excluding hydrogens is 446 g/mol. The van der Waals surface area contributed by atoms with E-state index in [1.165, 1.54) is 0 Å². The second-order valence-corrected chi connectivity index (χ2v) is 11.4. The Hall–Kier alpha value is -3.00. The van der Waals surface area contributed by atoms with E-state index in [9.17, 15) is 9.59 Å². The molecule has 5 rings (SSSR count). The van der Waals surface area contributed by atoms with Crippen LogP contribution in [0, 0.1) is 13.8 Å². The van der Waals surface area contributed by atoms with Crippen molar-refractivity contribution in [1.29, 1.82) is 0 Å². The molecule has 8 nitrogen and oxygen atoms in total. The van der Waals surface area contributed by atoms with Crippen LogP contribution in [0.5, 0.6) is 0 Å². The quantitative estimate of drug-likeness (QED) is 0.417. The van der Waals surface area contributed by atoms with Gasteiger partial charge in [-0.25, -0.2) is 14.3 Å². The number of imidazole rings is 1. The first kappa shape index (κ1) is 23.7. The first-order valence-electron chi connectivity index (χ1n) is 12.3. The van der Waals surface area contributed by atoms with Crippen LogP contribution in [0.15, 0.2) is 16.7 Å². The van der Waals surface area contributed by atoms with Crippen LogP contribution in [-0.2, 0) is 9.47 Å². The van der Waals surface area contributed by atoms with Gasteiger partial charge in [0.2, 0.25) is 0 Å². The van der Waals surface area contributed by atoms with Crippen LogP contribution in [0.2, 0.25) is 0 Å². The van der Waals surface area contributed by atoms with Gasteiger partial charge in [0.15, 0.2) is 5.78 Å². The number of hydrogen-bond acceptors (Lipinski definition) is 7. The molecule has 1 saturated carbocycles. The van der Waals surface area contributed by atoms with Gasteiger partial charge in [-0.15, -0.1) is 0 Å². The molecule has 8 heteroatoms. The van der Waals surface area contributed by atoms with Crippen molar-refractivity contribution < 1.29 is 23.6 Å². The molecule has 0 N–H and O–H groups in total. The van der Waals surface area contributed by atoms with Gasteiger partial charge < -0.3 is 14.0 Å². The first-order chi connectivity index (χ1) is 16.3. The van der Waals surface area contributed by atoms with E-state index in [0.29, 0.717) is 40.3 Å². The van der Waals surface area contributed by atoms with Crippen molar-refractivity contribution in [2.24, 2.45) is 0 Å². The highest BCUT2D eigenvalue weighted by Crippen LogP contribution is 2.43. The van der Waals surface area contributed by atoms with E-state index >= 15 is 0 Å². The van der Waals surface area contributed by atoms with E-state index in [0.717, 1.165) is 30.4 Å². The van der Waals surface area contributed by atoms with Crippen molar-refractivity contribution in [3.05, 3.63) is 35.0 Å². The Labute approximate surface area is 205 Å². The fourth-order valence-electron chi connectivity index (χ4n) is 4.88. The highest BCUT2D eigenvalue weighted by atomic mass is 16.6. The van der Waals surface area contributed by atoms with Gasteiger partial charge in [-0.3, -0.25) is 4.79 Å². The van der Waals surface area contributed by atoms with Crippen LogP contribution in [-0.4, -0.2) is 43.9 Å². The predicted molar refractivity (Wildman–Crippen MR) is 131 cm³/mol. The third-order valence-electron chi connectivity index (χ3n) is 6.65. The Morgan fingerprint density at radius 1 is 1.14 bits per heavy atom. The third kappa shape index (κ3) is 4.40. The molecule has 1 unspecified atom stereocenters. The zero-order chi connectivity index (χ0) is 25.3. The molecule has 186 valence electrons. The minimum atomic E-state index is -0.671. The monoisotopic (exact) mass is 479 g/mol. The van der Waals surface area contributed by atoms with Crippen molar-refractivity contribution in [2.75, 3.05) is 0 Å². The maximum atomic E-state index is 13.8. The molecule has 1 atom stereocenters. The van der Waals surface area contributed by atoms with Crippen LogP contribution in [0.1, 0.15) is 93.9 Å². The van der Waals surface area contributed by atoms with Crippen LogP contribution in [0.4, 0.5) is 4.79 Å². The lowest BCUT2D eigenvalue weighted by Gasteiger charge is -2.21. The molecule has 35 heavy (non-hydrogen) atoms. The van der Waals surface area contributed by atoms with E-state index in [1.54, 1.807) is 4.57 Å². The summed E-state index contributed by atoms with van der Waals surface area (Å²) in [6.07, 6.45) is 2.30. The lowest BCUT2D eigenvalue weighted by Crippen LogP contribution is -2.28. The Kier molecular flexibility index (Phi) is 5.43. The number of benzene rings is 1. The summed E-state index contributed by atoms with van der Waals surface area (Å²) < 4.78 is 18.8. The average Bonchev–Trinajstić information content (AvgIpc) is 3.31. The fourth-order valence-corrected chi connectivity index (χ4v) is 4.88. The lowest BCUT2D eigenvalue weighted by atomic mass is 9.95. The Balaban J connectivity index is 1.74. The molecule has 1 aromatic carbocycles. The molecule has 1 aliphatic carbocycles. The molecular formula is C27H33N3O5. The minimum absolute atomic E-state index is 0.120. The van der Waals surface area contributed by atoms with Gasteiger partial charge in [0.25, 0.3) is 0 Å². The van der Waals surface area contributed by atoms with Gasteiger partial charge in [0.1, 0.15) is 28.8 Å². The summed E-state index contributed by atoms with van der Waals surface area (Å²) in [5.74, 6) is 1.34. The number of aromatic nitrogens is 3. The van der Waals surface area contributed by atoms with E-state index in [1.807, 2.05) is 60.6 Å². The standard InChI is InChI=1S/C27H33N3O5/c1-14-21(15(2)35-29-14)17-12-18(23(31)20-10-11-27(6,7)33-20)22-19(13-17)30(24(28-22)16-8-9-16)25(32)34-26(3,4)5/h12-13,16,20H,8-11H2,1-7H3. The van der Waals surface area contributed by atoms with E-state index in [4.69, 9.17) is 19.0 Å². The number of rotatable bonds is 4. The number of ketones is 1. The number of fused-ring (bicyclic) bond motifs is 1. The number of carbonyl (C=O) groups excluding carboxylic acids is 2. The third-order valence-corrected chi connectivity index (χ3v) is 6.65. The normalized spacial score (nSPS) is 19.9. The highest BCUT2D eigenvalue weighted by Gasteiger charge is 2.39. The number of aryl methyl sites for hydroxylation is 2. The highest BCUT2D eigenvalue weighted by molar-refractivity contribution is 6.11. The number of hydrogen-bond donors (Lipinski definition) is 0. The number of nitrogens with zero attached hydrogens (tertiary/aromatic N) is 3. The summed E-state index contributed by atoms with van der Waals surface area (Å²) in [5, 5.41) is 4.09. The van der Waals surface area contributed by atoms with Crippen molar-refractivity contribution in [3.63, 3.8) is 0 Å². The second kappa shape index (κ2) is 8.01. The van der Waals surface area contributed by atoms with E-state index in [2.05, 4.69) is 5.16 Å². The zero-order valence-corrected chi connectivity index (χ0v) is 21.5. The number of Topliss-reactive ketones (excluding diaryl/α,β-unsaturated/α-hetero) is 1. The molecule has 0 spiro atoms. The summed E-state index contributed by atoms with van der Waals surface area (Å²) >= 11 is 0. The zero-order valence-electron chi connectivity index (χ0n) is 21.5. The molecule has 3 heterocycles. The first-order valence-corrected chi connectivity index (χ1v) is 12.3. The molecule has 3 aromatic rings. The molecule has 2 fully saturated rings. The van der Waals surface area contributed by atoms with Crippen molar-refractivity contribution in [1.82, 2.24) is 14.7 Å². The van der Waals surface area contributed by atoms with Crippen LogP contribution in [0.3, 0.4) is 0 Å². The van der Waals surface area contributed by atoms with E-state index in [-0.39, 0.29) is 17.3 Å². The van der Waals surface area contributed by atoms with Gasteiger partial charge in [0.05, 0.1) is 16.8 Å². The summed E-state index contributed by atoms with van der Waals surface area (Å²) in [6.45, 7) is 13.2. The Morgan fingerprint density at radius 3 is 2.40 bits per heavy atom. The summed E-state index contributed by atoms with van der Waals surface area (Å²) in [7, 11) is 0. The smallest absolute Gasteiger partial charge is 0.420 e. The molecule has 1 saturated heterocycles. The van der Waals surface area contributed by atoms with Crippen molar-refractivity contribution >= 4 is 22.9 Å². The summed E-state index contributed by atoms with van der Waals surface area (Å²) in [6, 6.07) is 3.73. The van der Waals surface area contributed by atoms with Gasteiger partial charge in [-0.1, -0.05) is 5.16 Å². The lowest BCUT2D eigenvalue weighted by molar-refractivity contribution is -0.00718. The predicted octanol–water partition coefficient (Wildman–Crippen LogP) is 6.11. The molecule has 1 aliphatic heterocycles. The molecule has 0 amide bonds. The van der Waals surface area contributed by atoms with Crippen molar-refractivity contribution in [3.8, 4) is 11.1 Å². The fraction of sp³-hybridized carbons (Fsp3) is 0.556. The van der Waals surface area contributed by atoms with Gasteiger partial charge >= 0.3 is 6.09 Å². The molecule has 2 aliphatic rings. The summed E-state index contributed by atoms with van der Waals surface area (Å²) in [5.41, 5.74) is 2.75. The van der Waals surface area contributed by atoms with Gasteiger partial charge in [-0.05, 0) is 91.8 Å². The molecule has 0 radical (unpaired) electrons. The maximum absolute atomic E-state index is 13.8. The van der Waals surface area contributed by atoms with E-state index < -0.39 is 17.8 Å². The molecule has 2 aromatic heterocycles. The SMILES string of the molecule is Cc1noc(C)c1-c1cc(C(=O)C2CCC(C)(C)O2)c2nc(C3CC3)n(C(=O)OC(C)(C)C)c2c1. The van der Waals surface area contributed by atoms with Crippen LogP contribution >= 0.6 is 0 Å². The largest absolute Gasteiger partial charge is 0.443 e. The Morgan fingerprint density at radius 2 is 1.86 bits per heavy atom. The van der Waals surface area contributed by atoms with Crippen molar-refractivity contribution in [2.45, 2.75) is 97.4 Å². The second-order valence-electron chi connectivity index (χ2n) is 11.4.